The summed E-state index contributed by atoms with van der Waals surface area (Å²) in [5, 5.41) is 12.4. The summed E-state index contributed by atoms with van der Waals surface area (Å²) in [6.07, 6.45) is 2.38. The fourth-order valence-corrected chi connectivity index (χ4v) is 3.19. The van der Waals surface area contributed by atoms with E-state index in [1.807, 2.05) is 24.3 Å². The fourth-order valence-electron chi connectivity index (χ4n) is 2.12. The van der Waals surface area contributed by atoms with E-state index in [1.165, 1.54) is 5.56 Å². The van der Waals surface area contributed by atoms with Crippen molar-refractivity contribution in [1.29, 1.82) is 0 Å². The number of benzene rings is 1. The molecule has 0 amide bonds. The third-order valence-corrected chi connectivity index (χ3v) is 6.17. The number of aliphatic hydroxyl groups excluding tert-OH is 1. The highest BCUT2D eigenvalue weighted by atomic mass is 32.2. The molecule has 1 heterocycles. The largest absolute Gasteiger partial charge is 0.392 e. The SMILES string of the molecule is CC(C)(C)S(=O)(=O)c1ccc(NCCc2ccc(CO)cc2)cn1. The number of aliphatic hydroxyl groups is 1. The highest BCUT2D eigenvalue weighted by molar-refractivity contribution is 7.92. The van der Waals surface area contributed by atoms with E-state index in [2.05, 4.69) is 10.3 Å². The Morgan fingerprint density at radius 3 is 2.17 bits per heavy atom. The van der Waals surface area contributed by atoms with Crippen LogP contribution in [0, 0.1) is 0 Å². The molecule has 0 saturated heterocycles. The van der Waals surface area contributed by atoms with Crippen molar-refractivity contribution >= 4 is 15.5 Å². The molecular weight excluding hydrogens is 324 g/mol. The van der Waals surface area contributed by atoms with Crippen LogP contribution in [0.25, 0.3) is 0 Å². The van der Waals surface area contributed by atoms with Crippen molar-refractivity contribution in [1.82, 2.24) is 4.98 Å². The van der Waals surface area contributed by atoms with Crippen molar-refractivity contribution in [3.8, 4) is 0 Å². The van der Waals surface area contributed by atoms with Gasteiger partial charge in [-0.1, -0.05) is 24.3 Å². The van der Waals surface area contributed by atoms with E-state index in [0.717, 1.165) is 17.7 Å². The summed E-state index contributed by atoms with van der Waals surface area (Å²) >= 11 is 0. The van der Waals surface area contributed by atoms with Crippen LogP contribution >= 0.6 is 0 Å². The number of anilines is 1. The lowest BCUT2D eigenvalue weighted by Crippen LogP contribution is -2.28. The van der Waals surface area contributed by atoms with Crippen molar-refractivity contribution in [2.75, 3.05) is 11.9 Å². The lowest BCUT2D eigenvalue weighted by Gasteiger charge is -2.18. The number of aromatic nitrogens is 1. The minimum absolute atomic E-state index is 0.0496. The number of pyridine rings is 1. The predicted molar refractivity (Wildman–Crippen MR) is 95.7 cm³/mol. The maximum Gasteiger partial charge on any atom is 0.200 e. The first kappa shape index (κ1) is 18.4. The van der Waals surface area contributed by atoms with Gasteiger partial charge in [-0.05, 0) is 50.5 Å². The zero-order valence-corrected chi connectivity index (χ0v) is 15.1. The van der Waals surface area contributed by atoms with Crippen molar-refractivity contribution in [2.24, 2.45) is 0 Å². The smallest absolute Gasteiger partial charge is 0.200 e. The predicted octanol–water partition coefficient (Wildman–Crippen LogP) is 2.80. The number of nitrogens with zero attached hydrogens (tertiary/aromatic N) is 1. The van der Waals surface area contributed by atoms with Gasteiger partial charge in [0.1, 0.15) is 0 Å². The molecular formula is C18H24N2O3S. The number of rotatable bonds is 6. The Balaban J connectivity index is 1.94. The first-order valence-electron chi connectivity index (χ1n) is 7.87. The third kappa shape index (κ3) is 4.33. The maximum absolute atomic E-state index is 12.3. The summed E-state index contributed by atoms with van der Waals surface area (Å²) in [6.45, 7) is 5.76. The van der Waals surface area contributed by atoms with Crippen molar-refractivity contribution in [3.63, 3.8) is 0 Å². The summed E-state index contributed by atoms with van der Waals surface area (Å²) in [6, 6.07) is 11.1. The van der Waals surface area contributed by atoms with Gasteiger partial charge in [0.05, 0.1) is 23.2 Å². The second kappa shape index (κ2) is 7.32. The van der Waals surface area contributed by atoms with E-state index in [1.54, 1.807) is 39.1 Å². The van der Waals surface area contributed by atoms with Gasteiger partial charge in [0.15, 0.2) is 14.9 Å². The van der Waals surface area contributed by atoms with E-state index in [4.69, 9.17) is 5.11 Å². The first-order chi connectivity index (χ1) is 11.2. The van der Waals surface area contributed by atoms with Crippen LogP contribution in [0.3, 0.4) is 0 Å². The minimum Gasteiger partial charge on any atom is -0.392 e. The molecule has 0 atom stereocenters. The topological polar surface area (TPSA) is 79.3 Å². The van der Waals surface area contributed by atoms with Crippen LogP contribution in [0.5, 0.6) is 0 Å². The summed E-state index contributed by atoms with van der Waals surface area (Å²) in [5.74, 6) is 0. The Hall–Kier alpha value is -1.92. The van der Waals surface area contributed by atoms with E-state index in [9.17, 15) is 8.42 Å². The molecule has 0 unspecified atom stereocenters. The molecule has 5 nitrogen and oxygen atoms in total. The molecule has 0 bridgehead atoms. The minimum atomic E-state index is -3.42. The van der Waals surface area contributed by atoms with Crippen LogP contribution in [0.1, 0.15) is 31.9 Å². The molecule has 0 spiro atoms. The molecule has 130 valence electrons. The van der Waals surface area contributed by atoms with E-state index < -0.39 is 14.6 Å². The molecule has 0 aliphatic heterocycles. The van der Waals surface area contributed by atoms with Gasteiger partial charge in [0.25, 0.3) is 0 Å². The monoisotopic (exact) mass is 348 g/mol. The lowest BCUT2D eigenvalue weighted by atomic mass is 10.1. The molecule has 0 saturated carbocycles. The molecule has 24 heavy (non-hydrogen) atoms. The molecule has 0 aliphatic carbocycles. The zero-order valence-electron chi connectivity index (χ0n) is 14.3. The Morgan fingerprint density at radius 1 is 1.04 bits per heavy atom. The van der Waals surface area contributed by atoms with Crippen molar-refractivity contribution in [2.45, 2.75) is 43.6 Å². The Morgan fingerprint density at radius 2 is 1.67 bits per heavy atom. The standard InChI is InChI=1S/C18H24N2O3S/c1-18(2,3)24(22,23)17-9-8-16(12-20-17)19-11-10-14-4-6-15(13-21)7-5-14/h4-9,12,19,21H,10-11,13H2,1-3H3. The Labute approximate surface area is 143 Å². The molecule has 1 aromatic heterocycles. The molecule has 6 heteroatoms. The average molecular weight is 348 g/mol. The molecule has 2 aromatic rings. The van der Waals surface area contributed by atoms with Gasteiger partial charge in [-0.3, -0.25) is 0 Å². The van der Waals surface area contributed by atoms with Crippen molar-refractivity contribution in [3.05, 3.63) is 53.7 Å². The summed E-state index contributed by atoms with van der Waals surface area (Å²) < 4.78 is 23.8. The van der Waals surface area contributed by atoms with E-state index >= 15 is 0 Å². The maximum atomic E-state index is 12.3. The highest BCUT2D eigenvalue weighted by Gasteiger charge is 2.31. The third-order valence-electron chi connectivity index (χ3n) is 3.77. The van der Waals surface area contributed by atoms with E-state index in [0.29, 0.717) is 6.54 Å². The van der Waals surface area contributed by atoms with Crippen LogP contribution in [0.2, 0.25) is 0 Å². The van der Waals surface area contributed by atoms with Crippen LogP contribution < -0.4 is 5.32 Å². The van der Waals surface area contributed by atoms with Gasteiger partial charge in [0, 0.05) is 6.54 Å². The quantitative estimate of drug-likeness (QED) is 0.839. The Kier molecular flexibility index (Phi) is 5.62. The van der Waals surface area contributed by atoms with Gasteiger partial charge < -0.3 is 10.4 Å². The second-order valence-electron chi connectivity index (χ2n) is 6.65. The number of nitrogens with one attached hydrogen (secondary N) is 1. The lowest BCUT2D eigenvalue weighted by molar-refractivity contribution is 0.282. The summed E-state index contributed by atoms with van der Waals surface area (Å²) in [4.78, 5) is 4.09. The highest BCUT2D eigenvalue weighted by Crippen LogP contribution is 2.23. The molecule has 1 aromatic carbocycles. The number of sulfone groups is 1. The number of hydrogen-bond acceptors (Lipinski definition) is 5. The summed E-state index contributed by atoms with van der Waals surface area (Å²) in [7, 11) is -3.42. The molecule has 2 N–H and O–H groups in total. The van der Waals surface area contributed by atoms with Crippen LogP contribution in [-0.2, 0) is 22.9 Å². The zero-order chi connectivity index (χ0) is 17.8. The van der Waals surface area contributed by atoms with Crippen LogP contribution in [0.15, 0.2) is 47.6 Å². The summed E-state index contributed by atoms with van der Waals surface area (Å²) in [5.41, 5.74) is 2.85. The first-order valence-corrected chi connectivity index (χ1v) is 9.35. The molecule has 0 aliphatic rings. The molecule has 0 fully saturated rings. The second-order valence-corrected chi connectivity index (χ2v) is 9.30. The van der Waals surface area contributed by atoms with Crippen molar-refractivity contribution < 1.29 is 13.5 Å². The van der Waals surface area contributed by atoms with Crippen LogP contribution in [-0.4, -0.2) is 29.8 Å². The van der Waals surface area contributed by atoms with E-state index in [-0.39, 0.29) is 11.6 Å². The number of hydrogen-bond donors (Lipinski definition) is 2. The van der Waals surface area contributed by atoms with Gasteiger partial charge in [-0.2, -0.15) is 0 Å². The normalized spacial score (nSPS) is 12.2. The fraction of sp³-hybridized carbons (Fsp3) is 0.389. The van der Waals surface area contributed by atoms with Gasteiger partial charge in [-0.25, -0.2) is 13.4 Å². The van der Waals surface area contributed by atoms with Gasteiger partial charge in [-0.15, -0.1) is 0 Å². The average Bonchev–Trinajstić information content (AvgIpc) is 2.55. The molecule has 0 radical (unpaired) electrons. The Bertz CT molecular complexity index is 761. The van der Waals surface area contributed by atoms with Gasteiger partial charge >= 0.3 is 0 Å². The molecule has 2 rings (SSSR count). The van der Waals surface area contributed by atoms with Gasteiger partial charge in [0.2, 0.25) is 0 Å². The van der Waals surface area contributed by atoms with Crippen LogP contribution in [0.4, 0.5) is 5.69 Å².